The highest BCUT2D eigenvalue weighted by Gasteiger charge is 2.20. The molecule has 0 saturated heterocycles. The lowest BCUT2D eigenvalue weighted by Gasteiger charge is -2.25. The quantitative estimate of drug-likeness (QED) is 0.594. The van der Waals surface area contributed by atoms with Crippen molar-refractivity contribution in [2.24, 2.45) is 5.84 Å². The van der Waals surface area contributed by atoms with Crippen molar-refractivity contribution in [3.8, 4) is 0 Å². The summed E-state index contributed by atoms with van der Waals surface area (Å²) in [6.07, 6.45) is 1.86. The van der Waals surface area contributed by atoms with Crippen LogP contribution in [0.2, 0.25) is 0 Å². The van der Waals surface area contributed by atoms with E-state index in [1.54, 1.807) is 18.4 Å². The third-order valence-electron chi connectivity index (χ3n) is 2.78. The van der Waals surface area contributed by atoms with Crippen LogP contribution in [0.15, 0.2) is 5.38 Å². The first-order valence-electron chi connectivity index (χ1n) is 5.42. The largest absolute Gasteiger partial charge is 0.379 e. The molecule has 0 radical (unpaired) electrons. The van der Waals surface area contributed by atoms with Gasteiger partial charge in [0.2, 0.25) is 0 Å². The van der Waals surface area contributed by atoms with Crippen molar-refractivity contribution in [3.63, 3.8) is 0 Å². The van der Waals surface area contributed by atoms with Gasteiger partial charge in [-0.1, -0.05) is 0 Å². The summed E-state index contributed by atoms with van der Waals surface area (Å²) in [7, 11) is 1.73. The molecule has 1 heterocycles. The minimum atomic E-state index is -0.111. The van der Waals surface area contributed by atoms with E-state index in [2.05, 4.69) is 29.6 Å². The molecule has 0 aromatic carbocycles. The van der Waals surface area contributed by atoms with Crippen molar-refractivity contribution in [1.82, 2.24) is 10.4 Å². The number of hydrogen-bond acceptors (Lipinski definition) is 5. The molecule has 5 heteroatoms. The number of nitrogens with zero attached hydrogens (tertiary/aromatic N) is 1. The number of nitrogens with one attached hydrogen (secondary N) is 1. The van der Waals surface area contributed by atoms with Gasteiger partial charge in [-0.05, 0) is 33.6 Å². The van der Waals surface area contributed by atoms with Crippen LogP contribution in [0.25, 0.3) is 0 Å². The van der Waals surface area contributed by atoms with E-state index in [9.17, 15) is 0 Å². The lowest BCUT2D eigenvalue weighted by molar-refractivity contribution is 0.0116. The predicted octanol–water partition coefficient (Wildman–Crippen LogP) is 2.16. The molecule has 0 spiro atoms. The Balaban J connectivity index is 2.56. The Hall–Kier alpha value is -0.490. The average molecular weight is 243 g/mol. The Kier molecular flexibility index (Phi) is 4.86. The molecule has 4 nitrogen and oxygen atoms in total. The van der Waals surface area contributed by atoms with Crippen molar-refractivity contribution >= 4 is 11.3 Å². The van der Waals surface area contributed by atoms with Crippen LogP contribution in [0, 0.1) is 6.92 Å². The van der Waals surface area contributed by atoms with Crippen LogP contribution in [-0.4, -0.2) is 17.7 Å². The number of aromatic nitrogens is 1. The summed E-state index contributed by atoms with van der Waals surface area (Å²) in [5, 5.41) is 3.13. The summed E-state index contributed by atoms with van der Waals surface area (Å²) in [6, 6.07) is 0.111. The van der Waals surface area contributed by atoms with Crippen LogP contribution in [0.4, 0.5) is 0 Å². The van der Waals surface area contributed by atoms with Crippen LogP contribution in [-0.2, 0) is 4.74 Å². The lowest BCUT2D eigenvalue weighted by atomic mass is 9.98. The molecular formula is C11H21N3OS. The Labute approximate surface area is 101 Å². The van der Waals surface area contributed by atoms with Crippen LogP contribution in [0.1, 0.15) is 43.4 Å². The summed E-state index contributed by atoms with van der Waals surface area (Å²) in [4.78, 5) is 4.44. The Morgan fingerprint density at radius 2 is 2.31 bits per heavy atom. The van der Waals surface area contributed by atoms with Gasteiger partial charge >= 0.3 is 0 Å². The second kappa shape index (κ2) is 5.72. The average Bonchev–Trinajstić information content (AvgIpc) is 2.66. The van der Waals surface area contributed by atoms with Crippen molar-refractivity contribution in [2.45, 2.75) is 45.3 Å². The van der Waals surface area contributed by atoms with E-state index in [-0.39, 0.29) is 11.6 Å². The molecule has 0 aliphatic heterocycles. The number of aryl methyl sites for hydroxylation is 1. The summed E-state index contributed by atoms with van der Waals surface area (Å²) in [6.45, 7) is 6.15. The summed E-state index contributed by atoms with van der Waals surface area (Å²) in [5.74, 6) is 5.56. The molecule has 0 aliphatic rings. The molecule has 16 heavy (non-hydrogen) atoms. The molecule has 1 unspecified atom stereocenters. The zero-order valence-electron chi connectivity index (χ0n) is 10.4. The fourth-order valence-corrected chi connectivity index (χ4v) is 2.12. The highest BCUT2D eigenvalue weighted by atomic mass is 32.1. The van der Waals surface area contributed by atoms with E-state index < -0.39 is 0 Å². The molecule has 1 rings (SSSR count). The minimum absolute atomic E-state index is 0.111. The SMILES string of the molecule is COC(C)(C)CCC(NN)c1csc(C)n1. The van der Waals surface area contributed by atoms with Crippen LogP contribution >= 0.6 is 11.3 Å². The van der Waals surface area contributed by atoms with Gasteiger partial charge in [0, 0.05) is 12.5 Å². The summed E-state index contributed by atoms with van der Waals surface area (Å²) < 4.78 is 5.39. The highest BCUT2D eigenvalue weighted by Crippen LogP contribution is 2.24. The number of thiazole rings is 1. The van der Waals surface area contributed by atoms with Gasteiger partial charge in [-0.25, -0.2) is 4.98 Å². The van der Waals surface area contributed by atoms with Crippen molar-refractivity contribution < 1.29 is 4.74 Å². The molecule has 0 saturated carbocycles. The monoisotopic (exact) mass is 243 g/mol. The first-order valence-corrected chi connectivity index (χ1v) is 6.30. The van der Waals surface area contributed by atoms with E-state index in [1.165, 1.54) is 0 Å². The number of hydrogen-bond donors (Lipinski definition) is 2. The number of rotatable bonds is 6. The number of hydrazine groups is 1. The Bertz CT molecular complexity index is 325. The molecule has 0 fully saturated rings. The van der Waals surface area contributed by atoms with Crippen LogP contribution < -0.4 is 11.3 Å². The lowest BCUT2D eigenvalue weighted by Crippen LogP contribution is -2.31. The van der Waals surface area contributed by atoms with Crippen molar-refractivity contribution in [1.29, 1.82) is 0 Å². The zero-order chi connectivity index (χ0) is 12.2. The Morgan fingerprint density at radius 3 is 2.75 bits per heavy atom. The number of ether oxygens (including phenoxy) is 1. The topological polar surface area (TPSA) is 60.2 Å². The summed E-state index contributed by atoms with van der Waals surface area (Å²) in [5.41, 5.74) is 3.73. The van der Waals surface area contributed by atoms with Gasteiger partial charge in [0.05, 0.1) is 22.3 Å². The maximum absolute atomic E-state index is 5.56. The molecule has 1 aromatic rings. The second-order valence-electron chi connectivity index (χ2n) is 4.51. The maximum atomic E-state index is 5.56. The van der Waals surface area contributed by atoms with Gasteiger partial charge in [0.1, 0.15) is 0 Å². The fraction of sp³-hybridized carbons (Fsp3) is 0.727. The number of nitrogens with two attached hydrogens (primary N) is 1. The molecule has 92 valence electrons. The van der Waals surface area contributed by atoms with Crippen molar-refractivity contribution in [3.05, 3.63) is 16.1 Å². The van der Waals surface area contributed by atoms with Gasteiger partial charge in [0.25, 0.3) is 0 Å². The Morgan fingerprint density at radius 1 is 1.62 bits per heavy atom. The molecule has 1 atom stereocenters. The van der Waals surface area contributed by atoms with Crippen molar-refractivity contribution in [2.75, 3.05) is 7.11 Å². The van der Waals surface area contributed by atoms with E-state index in [0.29, 0.717) is 0 Å². The van der Waals surface area contributed by atoms with Crippen LogP contribution in [0.3, 0.4) is 0 Å². The van der Waals surface area contributed by atoms with Gasteiger partial charge in [-0.2, -0.15) is 0 Å². The third-order valence-corrected chi connectivity index (χ3v) is 3.57. The van der Waals surface area contributed by atoms with Gasteiger partial charge in [-0.3, -0.25) is 11.3 Å². The predicted molar refractivity (Wildman–Crippen MR) is 67.2 cm³/mol. The van der Waals surface area contributed by atoms with E-state index in [4.69, 9.17) is 10.6 Å². The maximum Gasteiger partial charge on any atom is 0.0898 e. The van der Waals surface area contributed by atoms with E-state index in [0.717, 1.165) is 23.5 Å². The fourth-order valence-electron chi connectivity index (χ4n) is 1.45. The second-order valence-corrected chi connectivity index (χ2v) is 5.58. The number of methoxy groups -OCH3 is 1. The molecule has 0 bridgehead atoms. The van der Waals surface area contributed by atoms with E-state index in [1.807, 2.05) is 6.92 Å². The van der Waals surface area contributed by atoms with E-state index >= 15 is 0 Å². The smallest absolute Gasteiger partial charge is 0.0898 e. The molecule has 1 aromatic heterocycles. The van der Waals surface area contributed by atoms with Gasteiger partial charge < -0.3 is 4.74 Å². The standard InChI is InChI=1S/C11H21N3OS/c1-8-13-10(7-16-8)9(14-12)5-6-11(2,3)15-4/h7,9,14H,5-6,12H2,1-4H3. The first kappa shape index (κ1) is 13.6. The normalized spacial score (nSPS) is 14.1. The van der Waals surface area contributed by atoms with Gasteiger partial charge in [0.15, 0.2) is 0 Å². The third kappa shape index (κ3) is 3.83. The first-order chi connectivity index (χ1) is 7.48. The molecule has 0 amide bonds. The van der Waals surface area contributed by atoms with Crippen LogP contribution in [0.5, 0.6) is 0 Å². The summed E-state index contributed by atoms with van der Waals surface area (Å²) >= 11 is 1.65. The molecular weight excluding hydrogens is 222 g/mol. The highest BCUT2D eigenvalue weighted by molar-refractivity contribution is 7.09. The minimum Gasteiger partial charge on any atom is -0.379 e. The van der Waals surface area contributed by atoms with Gasteiger partial charge in [-0.15, -0.1) is 11.3 Å². The molecule has 0 aliphatic carbocycles. The zero-order valence-corrected chi connectivity index (χ0v) is 11.2. The molecule has 3 N–H and O–H groups in total.